The minimum Gasteiger partial charge on any atom is -0.395 e. The van der Waals surface area contributed by atoms with Gasteiger partial charge in [0.1, 0.15) is 18.0 Å². The van der Waals surface area contributed by atoms with E-state index >= 15 is 0 Å². The molecule has 0 aliphatic heterocycles. The fraction of sp³-hybridized carbons (Fsp3) is 0.556. The van der Waals surface area contributed by atoms with Crippen LogP contribution in [0.3, 0.4) is 0 Å². The zero-order valence-corrected chi connectivity index (χ0v) is 7.93. The van der Waals surface area contributed by atoms with E-state index in [9.17, 15) is 0 Å². The van der Waals surface area contributed by atoms with E-state index in [2.05, 4.69) is 14.9 Å². The summed E-state index contributed by atoms with van der Waals surface area (Å²) in [4.78, 5) is 10.1. The summed E-state index contributed by atoms with van der Waals surface area (Å²) < 4.78 is 0. The SMILES string of the molecule is Nc1cc(N(CCO)C2CC2)ncn1. The summed E-state index contributed by atoms with van der Waals surface area (Å²) in [5, 5.41) is 8.93. The van der Waals surface area contributed by atoms with E-state index in [0.717, 1.165) is 5.82 Å². The minimum absolute atomic E-state index is 0.139. The van der Waals surface area contributed by atoms with Crippen LogP contribution in [0.25, 0.3) is 0 Å². The van der Waals surface area contributed by atoms with Crippen molar-refractivity contribution in [2.45, 2.75) is 18.9 Å². The van der Waals surface area contributed by atoms with Crippen molar-refractivity contribution in [1.82, 2.24) is 9.97 Å². The monoisotopic (exact) mass is 194 g/mol. The molecule has 76 valence electrons. The first-order chi connectivity index (χ1) is 6.81. The van der Waals surface area contributed by atoms with Crippen molar-refractivity contribution in [2.24, 2.45) is 0 Å². The van der Waals surface area contributed by atoms with Crippen LogP contribution in [0.1, 0.15) is 12.8 Å². The number of nitrogens with two attached hydrogens (primary N) is 1. The van der Waals surface area contributed by atoms with Crippen LogP contribution in [-0.2, 0) is 0 Å². The Hall–Kier alpha value is -1.36. The van der Waals surface area contributed by atoms with Gasteiger partial charge in [0.15, 0.2) is 0 Å². The van der Waals surface area contributed by atoms with Gasteiger partial charge in [0, 0.05) is 18.7 Å². The van der Waals surface area contributed by atoms with Gasteiger partial charge in [-0.2, -0.15) is 0 Å². The molecule has 0 bridgehead atoms. The zero-order valence-electron chi connectivity index (χ0n) is 7.93. The average molecular weight is 194 g/mol. The van der Waals surface area contributed by atoms with Gasteiger partial charge in [-0.3, -0.25) is 0 Å². The number of nitrogens with zero attached hydrogens (tertiary/aromatic N) is 3. The van der Waals surface area contributed by atoms with E-state index in [1.54, 1.807) is 6.07 Å². The van der Waals surface area contributed by atoms with Crippen molar-refractivity contribution in [3.05, 3.63) is 12.4 Å². The van der Waals surface area contributed by atoms with Crippen molar-refractivity contribution >= 4 is 11.6 Å². The Morgan fingerprint density at radius 3 is 2.86 bits per heavy atom. The van der Waals surface area contributed by atoms with Crippen LogP contribution in [-0.4, -0.2) is 34.3 Å². The van der Waals surface area contributed by atoms with Gasteiger partial charge in [0.2, 0.25) is 0 Å². The van der Waals surface area contributed by atoms with Crippen LogP contribution in [0.2, 0.25) is 0 Å². The standard InChI is InChI=1S/C9H14N4O/c10-8-5-9(12-6-11-8)13(3-4-14)7-1-2-7/h5-7,14H,1-4H2,(H2,10,11,12). The molecular weight excluding hydrogens is 180 g/mol. The van der Waals surface area contributed by atoms with E-state index in [0.29, 0.717) is 18.4 Å². The van der Waals surface area contributed by atoms with E-state index in [1.165, 1.54) is 19.2 Å². The second-order valence-corrected chi connectivity index (χ2v) is 3.45. The number of aliphatic hydroxyl groups is 1. The smallest absolute Gasteiger partial charge is 0.134 e. The molecule has 5 heteroatoms. The Balaban J connectivity index is 2.16. The Morgan fingerprint density at radius 2 is 2.29 bits per heavy atom. The number of anilines is 2. The van der Waals surface area contributed by atoms with Crippen LogP contribution < -0.4 is 10.6 Å². The molecule has 1 saturated carbocycles. The van der Waals surface area contributed by atoms with Crippen LogP contribution in [0.4, 0.5) is 11.6 Å². The average Bonchev–Trinajstić information content (AvgIpc) is 2.97. The number of rotatable bonds is 4. The summed E-state index contributed by atoms with van der Waals surface area (Å²) in [5.41, 5.74) is 5.57. The minimum atomic E-state index is 0.139. The molecule has 0 atom stereocenters. The first kappa shape index (κ1) is 9.21. The molecule has 0 saturated heterocycles. The van der Waals surface area contributed by atoms with Gasteiger partial charge < -0.3 is 15.7 Å². The molecule has 1 aliphatic rings. The van der Waals surface area contributed by atoms with Crippen molar-refractivity contribution in [1.29, 1.82) is 0 Å². The normalized spacial score (nSPS) is 15.5. The largest absolute Gasteiger partial charge is 0.395 e. The number of hydrogen-bond acceptors (Lipinski definition) is 5. The highest BCUT2D eigenvalue weighted by Gasteiger charge is 2.29. The van der Waals surface area contributed by atoms with Crippen LogP contribution in [0.5, 0.6) is 0 Å². The Labute approximate surface area is 82.6 Å². The predicted octanol–water partition coefficient (Wildman–Crippen LogP) is 0.0199. The van der Waals surface area contributed by atoms with E-state index < -0.39 is 0 Å². The number of aromatic nitrogens is 2. The van der Waals surface area contributed by atoms with Crippen molar-refractivity contribution in [2.75, 3.05) is 23.8 Å². The van der Waals surface area contributed by atoms with Crippen LogP contribution >= 0.6 is 0 Å². The van der Waals surface area contributed by atoms with Crippen molar-refractivity contribution < 1.29 is 5.11 Å². The molecule has 14 heavy (non-hydrogen) atoms. The second kappa shape index (κ2) is 3.79. The lowest BCUT2D eigenvalue weighted by Crippen LogP contribution is -2.29. The van der Waals surface area contributed by atoms with E-state index in [4.69, 9.17) is 10.8 Å². The van der Waals surface area contributed by atoms with Gasteiger partial charge >= 0.3 is 0 Å². The lowest BCUT2D eigenvalue weighted by atomic mass is 10.4. The molecule has 1 heterocycles. The highest BCUT2D eigenvalue weighted by Crippen LogP contribution is 2.30. The fourth-order valence-electron chi connectivity index (χ4n) is 1.50. The lowest BCUT2D eigenvalue weighted by Gasteiger charge is -2.22. The van der Waals surface area contributed by atoms with Crippen molar-refractivity contribution in [3.8, 4) is 0 Å². The summed E-state index contributed by atoms with van der Waals surface area (Å²) in [6.45, 7) is 0.752. The summed E-state index contributed by atoms with van der Waals surface area (Å²) in [5.74, 6) is 1.28. The molecule has 5 nitrogen and oxygen atoms in total. The first-order valence-corrected chi connectivity index (χ1v) is 4.76. The summed E-state index contributed by atoms with van der Waals surface area (Å²) in [6.07, 6.45) is 3.80. The predicted molar refractivity (Wildman–Crippen MR) is 53.9 cm³/mol. The van der Waals surface area contributed by atoms with Crippen LogP contribution in [0, 0.1) is 0 Å². The summed E-state index contributed by atoms with van der Waals surface area (Å²) >= 11 is 0. The third-order valence-electron chi connectivity index (χ3n) is 2.30. The maximum atomic E-state index is 8.93. The Bertz CT molecular complexity index is 313. The highest BCUT2D eigenvalue weighted by atomic mass is 16.3. The molecule has 0 spiro atoms. The molecular formula is C9H14N4O. The Kier molecular flexibility index (Phi) is 2.49. The topological polar surface area (TPSA) is 75.3 Å². The molecule has 0 amide bonds. The summed E-state index contributed by atoms with van der Waals surface area (Å²) in [6, 6.07) is 2.27. The molecule has 3 N–H and O–H groups in total. The Morgan fingerprint density at radius 1 is 1.50 bits per heavy atom. The van der Waals surface area contributed by atoms with E-state index in [-0.39, 0.29) is 6.61 Å². The van der Waals surface area contributed by atoms with Gasteiger partial charge in [0.05, 0.1) is 6.61 Å². The van der Waals surface area contributed by atoms with Gasteiger partial charge in [0.25, 0.3) is 0 Å². The van der Waals surface area contributed by atoms with Gasteiger partial charge in [-0.15, -0.1) is 0 Å². The third-order valence-corrected chi connectivity index (χ3v) is 2.30. The maximum absolute atomic E-state index is 8.93. The highest BCUT2D eigenvalue weighted by molar-refractivity contribution is 5.47. The zero-order chi connectivity index (χ0) is 9.97. The molecule has 2 rings (SSSR count). The number of hydrogen-bond donors (Lipinski definition) is 2. The molecule has 1 aromatic rings. The molecule has 0 aromatic carbocycles. The quantitative estimate of drug-likeness (QED) is 0.706. The number of nitrogen functional groups attached to an aromatic ring is 1. The first-order valence-electron chi connectivity index (χ1n) is 4.76. The van der Waals surface area contributed by atoms with Gasteiger partial charge in [-0.25, -0.2) is 9.97 Å². The second-order valence-electron chi connectivity index (χ2n) is 3.45. The molecule has 1 aliphatic carbocycles. The van der Waals surface area contributed by atoms with Crippen LogP contribution in [0.15, 0.2) is 12.4 Å². The molecule has 0 radical (unpaired) electrons. The maximum Gasteiger partial charge on any atom is 0.134 e. The summed E-state index contributed by atoms with van der Waals surface area (Å²) in [7, 11) is 0. The number of aliphatic hydroxyl groups excluding tert-OH is 1. The van der Waals surface area contributed by atoms with Crippen molar-refractivity contribution in [3.63, 3.8) is 0 Å². The molecule has 1 fully saturated rings. The molecule has 1 aromatic heterocycles. The van der Waals surface area contributed by atoms with E-state index in [1.807, 2.05) is 0 Å². The third kappa shape index (κ3) is 1.93. The van der Waals surface area contributed by atoms with Gasteiger partial charge in [-0.1, -0.05) is 0 Å². The fourth-order valence-corrected chi connectivity index (χ4v) is 1.50. The lowest BCUT2D eigenvalue weighted by molar-refractivity contribution is 0.301. The van der Waals surface area contributed by atoms with Gasteiger partial charge in [-0.05, 0) is 12.8 Å². The molecule has 0 unspecified atom stereocenters.